The average Bonchev–Trinajstić information content (AvgIpc) is 2.31. The van der Waals surface area contributed by atoms with Gasteiger partial charge >= 0.3 is 5.97 Å². The Bertz CT molecular complexity index is 307. The number of carbonyl (C=O) groups excluding carboxylic acids is 1. The maximum atomic E-state index is 11.3. The van der Waals surface area contributed by atoms with Gasteiger partial charge in [0.2, 0.25) is 0 Å². The number of hydrogen-bond acceptors (Lipinski definition) is 2. The SMILES string of the molecule is CC1CCC#CCCC/C=C\CC(=O)OCC1. The van der Waals surface area contributed by atoms with Crippen LogP contribution in [0.3, 0.4) is 0 Å². The van der Waals surface area contributed by atoms with E-state index in [9.17, 15) is 4.79 Å². The van der Waals surface area contributed by atoms with E-state index in [-0.39, 0.29) is 5.97 Å². The zero-order valence-electron chi connectivity index (χ0n) is 10.7. The Balaban J connectivity index is 2.39. The zero-order valence-corrected chi connectivity index (χ0v) is 10.7. The van der Waals surface area contributed by atoms with E-state index in [1.807, 2.05) is 12.2 Å². The molecule has 0 spiro atoms. The molecule has 1 atom stereocenters. The standard InChI is InChI=1S/C15H22O2/c1-14-10-8-6-4-2-3-5-7-9-11-15(16)17-13-12-14/h7,9,14H,2-3,5,8,10-13H2,1H3/b9-7-. The van der Waals surface area contributed by atoms with Gasteiger partial charge in [0.05, 0.1) is 13.0 Å². The summed E-state index contributed by atoms with van der Waals surface area (Å²) in [6.45, 7) is 2.73. The molecule has 0 aromatic heterocycles. The van der Waals surface area contributed by atoms with Crippen molar-refractivity contribution < 1.29 is 9.53 Å². The fraction of sp³-hybridized carbons (Fsp3) is 0.667. The minimum Gasteiger partial charge on any atom is -0.465 e. The monoisotopic (exact) mass is 234 g/mol. The number of cyclic esters (lactones) is 1. The molecular weight excluding hydrogens is 212 g/mol. The molecule has 1 aliphatic heterocycles. The van der Waals surface area contributed by atoms with Crippen LogP contribution in [0.1, 0.15) is 51.9 Å². The predicted molar refractivity (Wildman–Crippen MR) is 69.4 cm³/mol. The van der Waals surface area contributed by atoms with Gasteiger partial charge in [0.1, 0.15) is 0 Å². The van der Waals surface area contributed by atoms with E-state index < -0.39 is 0 Å². The summed E-state index contributed by atoms with van der Waals surface area (Å²) < 4.78 is 5.16. The van der Waals surface area contributed by atoms with Crippen LogP contribution in [0.25, 0.3) is 0 Å². The van der Waals surface area contributed by atoms with Crippen LogP contribution in [0.4, 0.5) is 0 Å². The van der Waals surface area contributed by atoms with Crippen molar-refractivity contribution in [1.29, 1.82) is 0 Å². The number of ether oxygens (including phenoxy) is 1. The Morgan fingerprint density at radius 1 is 1.24 bits per heavy atom. The fourth-order valence-electron chi connectivity index (χ4n) is 1.68. The van der Waals surface area contributed by atoms with Crippen LogP contribution in [-0.4, -0.2) is 12.6 Å². The van der Waals surface area contributed by atoms with Crippen LogP contribution in [0.2, 0.25) is 0 Å². The summed E-state index contributed by atoms with van der Waals surface area (Å²) in [6, 6.07) is 0. The second-order valence-electron chi connectivity index (χ2n) is 4.57. The lowest BCUT2D eigenvalue weighted by Gasteiger charge is -2.09. The van der Waals surface area contributed by atoms with Crippen molar-refractivity contribution in [3.8, 4) is 11.8 Å². The molecule has 0 radical (unpaired) electrons. The maximum Gasteiger partial charge on any atom is 0.309 e. The van der Waals surface area contributed by atoms with E-state index in [2.05, 4.69) is 18.8 Å². The van der Waals surface area contributed by atoms with Crippen molar-refractivity contribution in [2.24, 2.45) is 5.92 Å². The molecule has 2 nitrogen and oxygen atoms in total. The van der Waals surface area contributed by atoms with Gasteiger partial charge in [-0.1, -0.05) is 19.1 Å². The van der Waals surface area contributed by atoms with E-state index in [0.717, 1.165) is 38.5 Å². The molecule has 0 N–H and O–H groups in total. The molecule has 1 aliphatic rings. The third-order valence-electron chi connectivity index (χ3n) is 2.88. The first-order valence-electron chi connectivity index (χ1n) is 6.55. The molecular formula is C15H22O2. The van der Waals surface area contributed by atoms with Crippen LogP contribution < -0.4 is 0 Å². The summed E-state index contributed by atoms with van der Waals surface area (Å²) >= 11 is 0. The minimum absolute atomic E-state index is 0.112. The van der Waals surface area contributed by atoms with E-state index in [1.54, 1.807) is 0 Å². The number of rotatable bonds is 0. The Kier molecular flexibility index (Phi) is 7.22. The van der Waals surface area contributed by atoms with Gasteiger partial charge in [-0.15, -0.1) is 11.8 Å². The Labute approximate surface area is 104 Å². The molecule has 0 bridgehead atoms. The smallest absolute Gasteiger partial charge is 0.309 e. The first-order valence-corrected chi connectivity index (χ1v) is 6.55. The van der Waals surface area contributed by atoms with Crippen LogP contribution in [-0.2, 0) is 9.53 Å². The molecule has 0 aliphatic carbocycles. The van der Waals surface area contributed by atoms with Gasteiger partial charge in [-0.3, -0.25) is 4.79 Å². The fourth-order valence-corrected chi connectivity index (χ4v) is 1.68. The van der Waals surface area contributed by atoms with Crippen molar-refractivity contribution in [2.45, 2.75) is 51.9 Å². The molecule has 1 heterocycles. The molecule has 1 rings (SSSR count). The first-order chi connectivity index (χ1) is 8.29. The van der Waals surface area contributed by atoms with E-state index in [1.165, 1.54) is 0 Å². The highest BCUT2D eigenvalue weighted by Gasteiger charge is 2.04. The Hall–Kier alpha value is -1.23. The number of hydrogen-bond donors (Lipinski definition) is 0. The molecule has 2 heteroatoms. The van der Waals surface area contributed by atoms with E-state index in [4.69, 9.17) is 4.74 Å². The first kappa shape index (κ1) is 13.8. The summed E-state index contributed by atoms with van der Waals surface area (Å²) in [5, 5.41) is 0. The normalized spacial score (nSPS) is 25.7. The molecule has 94 valence electrons. The highest BCUT2D eigenvalue weighted by atomic mass is 16.5. The zero-order chi connectivity index (χ0) is 12.3. The van der Waals surface area contributed by atoms with Crippen LogP contribution in [0.5, 0.6) is 0 Å². The molecule has 0 aromatic carbocycles. The lowest BCUT2D eigenvalue weighted by molar-refractivity contribution is -0.142. The molecule has 0 amide bonds. The largest absolute Gasteiger partial charge is 0.465 e. The molecule has 0 saturated heterocycles. The summed E-state index contributed by atoms with van der Waals surface area (Å²) in [6.07, 6.45) is 10.4. The summed E-state index contributed by atoms with van der Waals surface area (Å²) in [4.78, 5) is 11.3. The lowest BCUT2D eigenvalue weighted by atomic mass is 10.0. The Morgan fingerprint density at radius 2 is 2.06 bits per heavy atom. The molecule has 0 fully saturated rings. The topological polar surface area (TPSA) is 26.3 Å². The number of allylic oxidation sites excluding steroid dienone is 1. The van der Waals surface area contributed by atoms with Gasteiger partial charge < -0.3 is 4.74 Å². The van der Waals surface area contributed by atoms with Gasteiger partial charge in [0.25, 0.3) is 0 Å². The highest BCUT2D eigenvalue weighted by Crippen LogP contribution is 2.10. The minimum atomic E-state index is -0.112. The van der Waals surface area contributed by atoms with Crippen molar-refractivity contribution in [1.82, 2.24) is 0 Å². The van der Waals surface area contributed by atoms with Gasteiger partial charge in [-0.2, -0.15) is 0 Å². The molecule has 17 heavy (non-hydrogen) atoms. The summed E-state index contributed by atoms with van der Waals surface area (Å²) in [5.74, 6) is 6.88. The molecule has 0 aromatic rings. The molecule has 0 saturated carbocycles. The predicted octanol–water partition coefficient (Wildman–Crippen LogP) is 3.47. The van der Waals surface area contributed by atoms with Crippen LogP contribution >= 0.6 is 0 Å². The molecule has 1 unspecified atom stereocenters. The van der Waals surface area contributed by atoms with Gasteiger partial charge in [-0.05, 0) is 31.6 Å². The van der Waals surface area contributed by atoms with Crippen molar-refractivity contribution in [3.05, 3.63) is 12.2 Å². The Morgan fingerprint density at radius 3 is 2.94 bits per heavy atom. The van der Waals surface area contributed by atoms with Crippen molar-refractivity contribution in [2.75, 3.05) is 6.61 Å². The van der Waals surface area contributed by atoms with Crippen LogP contribution in [0.15, 0.2) is 12.2 Å². The third-order valence-corrected chi connectivity index (χ3v) is 2.88. The highest BCUT2D eigenvalue weighted by molar-refractivity contribution is 5.71. The lowest BCUT2D eigenvalue weighted by Crippen LogP contribution is -2.07. The second-order valence-corrected chi connectivity index (χ2v) is 4.57. The third kappa shape index (κ3) is 7.63. The van der Waals surface area contributed by atoms with Gasteiger partial charge in [0, 0.05) is 12.8 Å². The van der Waals surface area contributed by atoms with Gasteiger partial charge in [-0.25, -0.2) is 0 Å². The second kappa shape index (κ2) is 8.87. The van der Waals surface area contributed by atoms with Crippen LogP contribution in [0, 0.1) is 17.8 Å². The van der Waals surface area contributed by atoms with E-state index in [0.29, 0.717) is 18.9 Å². The van der Waals surface area contributed by atoms with Gasteiger partial charge in [0.15, 0.2) is 0 Å². The van der Waals surface area contributed by atoms with Crippen molar-refractivity contribution >= 4 is 5.97 Å². The summed E-state index contributed by atoms with van der Waals surface area (Å²) in [7, 11) is 0. The average molecular weight is 234 g/mol. The number of esters is 1. The quantitative estimate of drug-likeness (QED) is 0.364. The number of carbonyl (C=O) groups is 1. The summed E-state index contributed by atoms with van der Waals surface area (Å²) in [5.41, 5.74) is 0. The van der Waals surface area contributed by atoms with Crippen molar-refractivity contribution in [3.63, 3.8) is 0 Å². The van der Waals surface area contributed by atoms with E-state index >= 15 is 0 Å². The maximum absolute atomic E-state index is 11.3.